The molecule has 0 spiro atoms. The van der Waals surface area contributed by atoms with Crippen LogP contribution in [0.15, 0.2) is 36.8 Å². The number of aliphatic hydroxyl groups is 1. The summed E-state index contributed by atoms with van der Waals surface area (Å²) in [5, 5.41) is 46.8. The van der Waals surface area contributed by atoms with Gasteiger partial charge in [0.05, 0.1) is 25.4 Å². The largest absolute Gasteiger partial charge is 0.508 e. The summed E-state index contributed by atoms with van der Waals surface area (Å²) in [7, 11) is 0. The number of carboxylic acids is 2. The summed E-state index contributed by atoms with van der Waals surface area (Å²) in [6.45, 7) is -0.886. The van der Waals surface area contributed by atoms with Crippen molar-refractivity contribution in [2.45, 2.75) is 55.9 Å². The number of hydrogen-bond acceptors (Lipinski definition) is 11. The quantitative estimate of drug-likeness (QED) is 0.0751. The van der Waals surface area contributed by atoms with Gasteiger partial charge in [-0.2, -0.15) is 11.8 Å². The van der Waals surface area contributed by atoms with Gasteiger partial charge >= 0.3 is 11.9 Å². The van der Waals surface area contributed by atoms with Gasteiger partial charge in [-0.15, -0.1) is 0 Å². The number of imidazole rings is 1. The summed E-state index contributed by atoms with van der Waals surface area (Å²) in [4.78, 5) is 81.7. The van der Waals surface area contributed by atoms with E-state index in [4.69, 9.17) is 10.8 Å². The van der Waals surface area contributed by atoms with Gasteiger partial charge in [-0.3, -0.25) is 24.0 Å². The molecule has 2 aromatic rings. The molecule has 0 aliphatic heterocycles. The number of hydrogen-bond donors (Lipinski definition) is 10. The van der Waals surface area contributed by atoms with Gasteiger partial charge in [0.25, 0.3) is 0 Å². The third kappa shape index (κ3) is 12.5. The Hall–Kier alpha value is -4.68. The van der Waals surface area contributed by atoms with Crippen LogP contribution in [0, 0.1) is 0 Å². The number of H-pyrrole nitrogens is 1. The van der Waals surface area contributed by atoms with Gasteiger partial charge in [0.2, 0.25) is 23.6 Å². The lowest BCUT2D eigenvalue weighted by atomic mass is 10.0. The molecule has 0 bridgehead atoms. The minimum atomic E-state index is -1.61. The number of nitrogens with one attached hydrogen (secondary N) is 5. The molecule has 0 radical (unpaired) electrons. The third-order valence-corrected chi connectivity index (χ3v) is 7.04. The maximum absolute atomic E-state index is 13.6. The number of aromatic amines is 1. The molecule has 5 atom stereocenters. The average Bonchev–Trinajstić information content (AvgIpc) is 3.50. The number of nitrogens with zero attached hydrogens (tertiary/aromatic N) is 1. The van der Waals surface area contributed by atoms with Crippen LogP contribution in [0.1, 0.15) is 24.1 Å². The second kappa shape index (κ2) is 18.2. The molecule has 0 unspecified atom stereocenters. The number of aromatic hydroxyl groups is 1. The molecule has 0 aliphatic carbocycles. The van der Waals surface area contributed by atoms with Crippen LogP contribution in [0.25, 0.3) is 0 Å². The number of aromatic nitrogens is 2. The summed E-state index contributed by atoms with van der Waals surface area (Å²) in [5.74, 6) is -5.95. The number of aliphatic carboxylic acids is 2. The number of rotatable bonds is 19. The number of phenols is 1. The highest BCUT2D eigenvalue weighted by atomic mass is 32.2. The number of carbonyl (C=O) groups is 6. The Labute approximate surface area is 261 Å². The zero-order chi connectivity index (χ0) is 33.5. The number of carboxylic acid groups (broad SMARTS) is 2. The predicted octanol–water partition coefficient (Wildman–Crippen LogP) is -2.53. The van der Waals surface area contributed by atoms with Gasteiger partial charge in [-0.1, -0.05) is 12.1 Å². The van der Waals surface area contributed by atoms with E-state index in [1.54, 1.807) is 6.26 Å². The topological polar surface area (TPSA) is 286 Å². The van der Waals surface area contributed by atoms with Crippen LogP contribution in [-0.2, 0) is 41.6 Å². The summed E-state index contributed by atoms with van der Waals surface area (Å²) in [6, 6.07) is -1.27. The number of amides is 4. The molecule has 4 amide bonds. The monoisotopic (exact) mass is 651 g/mol. The normalized spacial score (nSPS) is 14.2. The molecule has 0 saturated heterocycles. The number of benzene rings is 1. The first-order chi connectivity index (χ1) is 21.3. The van der Waals surface area contributed by atoms with E-state index >= 15 is 0 Å². The van der Waals surface area contributed by atoms with E-state index in [1.807, 2.05) is 0 Å². The molecule has 0 fully saturated rings. The van der Waals surface area contributed by atoms with Crippen molar-refractivity contribution in [1.82, 2.24) is 31.2 Å². The summed E-state index contributed by atoms with van der Waals surface area (Å²) in [6.07, 6.45) is 3.61. The Bertz CT molecular complexity index is 1310. The van der Waals surface area contributed by atoms with Crippen LogP contribution in [0.4, 0.5) is 0 Å². The van der Waals surface area contributed by atoms with Crippen molar-refractivity contribution in [3.05, 3.63) is 48.0 Å². The van der Waals surface area contributed by atoms with Crippen LogP contribution in [0.3, 0.4) is 0 Å². The number of carbonyl (C=O) groups excluding carboxylic acids is 4. The van der Waals surface area contributed by atoms with Gasteiger partial charge in [0, 0.05) is 24.7 Å². The molecule has 1 heterocycles. The Morgan fingerprint density at radius 1 is 0.867 bits per heavy atom. The van der Waals surface area contributed by atoms with Crippen molar-refractivity contribution in [3.63, 3.8) is 0 Å². The van der Waals surface area contributed by atoms with E-state index in [9.17, 15) is 44.1 Å². The SMILES string of the molecule is CSCC[C@H](NC(=O)[C@H](Cc1ccc(O)cc1)NC(=O)[C@H](Cc1cnc[nH]1)NC(=O)[C@@H](N)CC(=O)O)C(=O)N[C@@H](CO)C(=O)O. The fourth-order valence-electron chi connectivity index (χ4n) is 3.97. The zero-order valence-corrected chi connectivity index (χ0v) is 25.1. The van der Waals surface area contributed by atoms with Crippen LogP contribution in [0.5, 0.6) is 5.75 Å². The molecular weight excluding hydrogens is 614 g/mol. The lowest BCUT2D eigenvalue weighted by Gasteiger charge is -2.26. The van der Waals surface area contributed by atoms with Crippen molar-refractivity contribution in [2.75, 3.05) is 18.6 Å². The van der Waals surface area contributed by atoms with Gasteiger partial charge < -0.3 is 52.4 Å². The lowest BCUT2D eigenvalue weighted by molar-refractivity contribution is -0.143. The van der Waals surface area contributed by atoms with E-state index in [0.29, 0.717) is 17.0 Å². The maximum Gasteiger partial charge on any atom is 0.328 e. The molecule has 45 heavy (non-hydrogen) atoms. The van der Waals surface area contributed by atoms with Gasteiger partial charge in [-0.25, -0.2) is 9.78 Å². The molecule has 246 valence electrons. The van der Waals surface area contributed by atoms with E-state index < -0.39 is 78.8 Å². The third-order valence-electron chi connectivity index (χ3n) is 6.39. The first-order valence-electron chi connectivity index (χ1n) is 13.6. The predicted molar refractivity (Wildman–Crippen MR) is 160 cm³/mol. The average molecular weight is 652 g/mol. The van der Waals surface area contributed by atoms with Crippen molar-refractivity contribution in [3.8, 4) is 5.75 Å². The van der Waals surface area contributed by atoms with Gasteiger partial charge in [0.1, 0.15) is 29.9 Å². The molecule has 1 aromatic carbocycles. The van der Waals surface area contributed by atoms with Crippen molar-refractivity contribution in [1.29, 1.82) is 0 Å². The van der Waals surface area contributed by atoms with E-state index in [-0.39, 0.29) is 25.0 Å². The lowest BCUT2D eigenvalue weighted by Crippen LogP contribution is -2.59. The summed E-state index contributed by atoms with van der Waals surface area (Å²) in [5.41, 5.74) is 6.59. The minimum Gasteiger partial charge on any atom is -0.508 e. The fourth-order valence-corrected chi connectivity index (χ4v) is 4.44. The molecule has 17 nitrogen and oxygen atoms in total. The van der Waals surface area contributed by atoms with Crippen LogP contribution >= 0.6 is 11.8 Å². The molecular formula is C27H37N7O10S. The van der Waals surface area contributed by atoms with E-state index in [0.717, 1.165) is 0 Å². The van der Waals surface area contributed by atoms with Crippen LogP contribution < -0.4 is 27.0 Å². The number of phenolic OH excluding ortho intramolecular Hbond substituents is 1. The summed E-state index contributed by atoms with van der Waals surface area (Å²) >= 11 is 1.36. The standard InChI is InChI=1S/C27H37N7O10S/c1-45-7-6-18(24(40)34-21(12-35)27(43)44)31-25(41)19(8-14-2-4-16(36)5-3-14)33-26(42)20(9-15-11-29-13-30-15)32-23(39)17(28)10-22(37)38/h2-5,11,13,17-21,35-36H,6-10,12,28H2,1H3,(H,29,30)(H,31,41)(H,32,39)(H,33,42)(H,34,40)(H,37,38)(H,43,44)/t17-,18-,19-,20-,21-/m0/s1. The Kier molecular flexibility index (Phi) is 14.8. The Balaban J connectivity index is 2.35. The second-order valence-electron chi connectivity index (χ2n) is 9.90. The smallest absolute Gasteiger partial charge is 0.328 e. The number of nitrogens with two attached hydrogens (primary N) is 1. The molecule has 2 rings (SSSR count). The molecule has 11 N–H and O–H groups in total. The Morgan fingerprint density at radius 2 is 1.42 bits per heavy atom. The van der Waals surface area contributed by atoms with Crippen molar-refractivity contribution >= 4 is 47.3 Å². The highest BCUT2D eigenvalue weighted by Crippen LogP contribution is 2.13. The van der Waals surface area contributed by atoms with Gasteiger partial charge in [0.15, 0.2) is 0 Å². The highest BCUT2D eigenvalue weighted by molar-refractivity contribution is 7.98. The Morgan fingerprint density at radius 3 is 1.96 bits per heavy atom. The summed E-state index contributed by atoms with van der Waals surface area (Å²) < 4.78 is 0. The van der Waals surface area contributed by atoms with Gasteiger partial charge in [-0.05, 0) is 36.1 Å². The maximum atomic E-state index is 13.6. The van der Waals surface area contributed by atoms with Crippen LogP contribution in [0.2, 0.25) is 0 Å². The van der Waals surface area contributed by atoms with Crippen molar-refractivity contribution < 1.29 is 49.2 Å². The molecule has 0 saturated carbocycles. The fraction of sp³-hybridized carbons (Fsp3) is 0.444. The molecule has 0 aliphatic rings. The van der Waals surface area contributed by atoms with E-state index in [1.165, 1.54) is 48.6 Å². The van der Waals surface area contributed by atoms with E-state index in [2.05, 4.69) is 31.2 Å². The molecule has 18 heteroatoms. The number of thioether (sulfide) groups is 1. The first kappa shape index (κ1) is 36.5. The molecule has 1 aromatic heterocycles. The van der Waals surface area contributed by atoms with Crippen molar-refractivity contribution in [2.24, 2.45) is 5.73 Å². The minimum absolute atomic E-state index is 0.0468. The van der Waals surface area contributed by atoms with Crippen LogP contribution in [-0.4, -0.2) is 115 Å². The second-order valence-corrected chi connectivity index (χ2v) is 10.9. The zero-order valence-electron chi connectivity index (χ0n) is 24.3. The highest BCUT2D eigenvalue weighted by Gasteiger charge is 2.32. The number of aliphatic hydroxyl groups excluding tert-OH is 1. The first-order valence-corrected chi connectivity index (χ1v) is 15.0.